The molecule has 0 spiro atoms. The molecule has 0 amide bonds. The second-order valence-corrected chi connectivity index (χ2v) is 2.02. The molecule has 1 aromatic rings. The standard InChI is InChI=1S/C7H6O4/c1-4(8)6-5(7(9)10)2-3-11-6/h2-3H,1H3,(H,9,10). The topological polar surface area (TPSA) is 67.5 Å². The largest absolute Gasteiger partial charge is 0.478 e. The van der Waals surface area contributed by atoms with E-state index in [1.165, 1.54) is 19.3 Å². The van der Waals surface area contributed by atoms with Crippen LogP contribution < -0.4 is 0 Å². The van der Waals surface area contributed by atoms with Gasteiger partial charge in [-0.3, -0.25) is 4.79 Å². The van der Waals surface area contributed by atoms with Crippen LogP contribution in [0.5, 0.6) is 0 Å². The first-order valence-electron chi connectivity index (χ1n) is 2.94. The van der Waals surface area contributed by atoms with E-state index in [0.29, 0.717) is 0 Å². The zero-order valence-corrected chi connectivity index (χ0v) is 5.83. The van der Waals surface area contributed by atoms with Gasteiger partial charge < -0.3 is 9.52 Å². The smallest absolute Gasteiger partial charge is 0.339 e. The summed E-state index contributed by atoms with van der Waals surface area (Å²) in [4.78, 5) is 21.0. The number of carbonyl (C=O) groups excluding carboxylic acids is 1. The van der Waals surface area contributed by atoms with Crippen molar-refractivity contribution in [2.24, 2.45) is 0 Å². The van der Waals surface area contributed by atoms with Gasteiger partial charge in [0.25, 0.3) is 0 Å². The molecule has 0 saturated heterocycles. The second-order valence-electron chi connectivity index (χ2n) is 2.02. The molecule has 0 saturated carbocycles. The Labute approximate surface area is 62.4 Å². The van der Waals surface area contributed by atoms with Gasteiger partial charge in [0.1, 0.15) is 5.56 Å². The van der Waals surface area contributed by atoms with Crippen molar-refractivity contribution in [3.63, 3.8) is 0 Å². The molecule has 0 atom stereocenters. The van der Waals surface area contributed by atoms with E-state index in [9.17, 15) is 9.59 Å². The number of aromatic carboxylic acids is 1. The lowest BCUT2D eigenvalue weighted by atomic mass is 10.2. The number of hydrogen-bond acceptors (Lipinski definition) is 3. The molecule has 1 rings (SSSR count). The number of hydrogen-bond donors (Lipinski definition) is 1. The van der Waals surface area contributed by atoms with Crippen LogP contribution in [0.3, 0.4) is 0 Å². The van der Waals surface area contributed by atoms with Crippen LogP contribution in [0, 0.1) is 0 Å². The van der Waals surface area contributed by atoms with Crippen molar-refractivity contribution in [1.29, 1.82) is 0 Å². The van der Waals surface area contributed by atoms with E-state index in [4.69, 9.17) is 5.11 Å². The van der Waals surface area contributed by atoms with Gasteiger partial charge in [-0.05, 0) is 6.07 Å². The molecule has 0 bridgehead atoms. The molecule has 0 aliphatic heterocycles. The molecule has 0 aromatic carbocycles. The van der Waals surface area contributed by atoms with Crippen molar-refractivity contribution in [2.45, 2.75) is 6.92 Å². The molecule has 0 radical (unpaired) electrons. The molecule has 0 aliphatic carbocycles. The summed E-state index contributed by atoms with van der Waals surface area (Å²) in [6.07, 6.45) is 1.18. The summed E-state index contributed by atoms with van der Waals surface area (Å²) in [5.41, 5.74) is -0.0856. The fraction of sp³-hybridized carbons (Fsp3) is 0.143. The minimum atomic E-state index is -1.15. The van der Waals surface area contributed by atoms with Gasteiger partial charge in [-0.2, -0.15) is 0 Å². The van der Waals surface area contributed by atoms with Gasteiger partial charge in [0, 0.05) is 6.92 Å². The molecule has 1 aromatic heterocycles. The normalized spacial score (nSPS) is 9.55. The first-order chi connectivity index (χ1) is 5.13. The molecule has 0 aliphatic rings. The van der Waals surface area contributed by atoms with E-state index in [1.54, 1.807) is 0 Å². The molecule has 4 nitrogen and oxygen atoms in total. The number of carboxylic acid groups (broad SMARTS) is 1. The fourth-order valence-electron chi connectivity index (χ4n) is 0.750. The van der Waals surface area contributed by atoms with E-state index in [2.05, 4.69) is 4.42 Å². The van der Waals surface area contributed by atoms with Crippen molar-refractivity contribution in [1.82, 2.24) is 0 Å². The average Bonchev–Trinajstić information content (AvgIpc) is 2.32. The first kappa shape index (κ1) is 7.53. The SMILES string of the molecule is CC(=O)c1occc1C(=O)O. The van der Waals surface area contributed by atoms with Crippen LogP contribution in [0.1, 0.15) is 27.8 Å². The van der Waals surface area contributed by atoms with Gasteiger partial charge in [-0.15, -0.1) is 0 Å². The lowest BCUT2D eigenvalue weighted by Crippen LogP contribution is -2.01. The van der Waals surface area contributed by atoms with E-state index in [1.807, 2.05) is 0 Å². The number of ketones is 1. The summed E-state index contributed by atoms with van der Waals surface area (Å²) in [5.74, 6) is -1.63. The van der Waals surface area contributed by atoms with Crippen LogP contribution in [-0.2, 0) is 0 Å². The Hall–Kier alpha value is -1.58. The minimum absolute atomic E-state index is 0.0856. The molecule has 11 heavy (non-hydrogen) atoms. The maximum Gasteiger partial charge on any atom is 0.339 e. The maximum atomic E-state index is 10.7. The third-order valence-corrected chi connectivity index (χ3v) is 1.22. The molecule has 58 valence electrons. The number of Topliss-reactive ketones (excluding diaryl/α,β-unsaturated/α-hetero) is 1. The van der Waals surface area contributed by atoms with Gasteiger partial charge in [0.05, 0.1) is 6.26 Å². The predicted octanol–water partition coefficient (Wildman–Crippen LogP) is 1.18. The fourth-order valence-corrected chi connectivity index (χ4v) is 0.750. The van der Waals surface area contributed by atoms with Crippen molar-refractivity contribution < 1.29 is 19.1 Å². The summed E-state index contributed by atoms with van der Waals surface area (Å²) in [6, 6.07) is 1.25. The Kier molecular flexibility index (Phi) is 1.76. The maximum absolute atomic E-state index is 10.7. The van der Waals surface area contributed by atoms with Crippen LogP contribution in [0.2, 0.25) is 0 Å². The third-order valence-electron chi connectivity index (χ3n) is 1.22. The van der Waals surface area contributed by atoms with Crippen LogP contribution in [-0.4, -0.2) is 16.9 Å². The Balaban J connectivity index is 3.16. The summed E-state index contributed by atoms with van der Waals surface area (Å²) in [7, 11) is 0. The van der Waals surface area contributed by atoms with E-state index >= 15 is 0 Å². The number of carbonyl (C=O) groups is 2. The quantitative estimate of drug-likeness (QED) is 0.649. The highest BCUT2D eigenvalue weighted by molar-refractivity contribution is 6.02. The highest BCUT2D eigenvalue weighted by Gasteiger charge is 2.16. The molecule has 0 unspecified atom stereocenters. The number of furan rings is 1. The van der Waals surface area contributed by atoms with Gasteiger partial charge in [0.15, 0.2) is 11.5 Å². The van der Waals surface area contributed by atoms with E-state index in [-0.39, 0.29) is 17.1 Å². The second kappa shape index (κ2) is 2.57. The van der Waals surface area contributed by atoms with Crippen molar-refractivity contribution in [2.75, 3.05) is 0 Å². The summed E-state index contributed by atoms with van der Waals surface area (Å²) < 4.78 is 4.66. The Bertz CT molecular complexity index is 269. The molecule has 1 N–H and O–H groups in total. The molecular formula is C7H6O4. The number of rotatable bonds is 2. The average molecular weight is 154 g/mol. The van der Waals surface area contributed by atoms with Crippen molar-refractivity contribution in [3.8, 4) is 0 Å². The first-order valence-corrected chi connectivity index (χ1v) is 2.94. The van der Waals surface area contributed by atoms with Gasteiger partial charge in [-0.25, -0.2) is 4.79 Å². The lowest BCUT2D eigenvalue weighted by molar-refractivity contribution is 0.0690. The van der Waals surface area contributed by atoms with Gasteiger partial charge in [-0.1, -0.05) is 0 Å². The Morgan fingerprint density at radius 1 is 1.55 bits per heavy atom. The van der Waals surface area contributed by atoms with Crippen LogP contribution >= 0.6 is 0 Å². The monoisotopic (exact) mass is 154 g/mol. The highest BCUT2D eigenvalue weighted by atomic mass is 16.4. The summed E-state index contributed by atoms with van der Waals surface area (Å²) in [6.45, 7) is 1.26. The van der Waals surface area contributed by atoms with Crippen LogP contribution in [0.15, 0.2) is 16.7 Å². The van der Waals surface area contributed by atoms with Crippen molar-refractivity contribution in [3.05, 3.63) is 23.7 Å². The lowest BCUT2D eigenvalue weighted by Gasteiger charge is -1.89. The van der Waals surface area contributed by atoms with E-state index in [0.717, 1.165) is 0 Å². The van der Waals surface area contributed by atoms with Crippen LogP contribution in [0.25, 0.3) is 0 Å². The zero-order chi connectivity index (χ0) is 8.43. The summed E-state index contributed by atoms with van der Waals surface area (Å²) >= 11 is 0. The van der Waals surface area contributed by atoms with Crippen LogP contribution in [0.4, 0.5) is 0 Å². The highest BCUT2D eigenvalue weighted by Crippen LogP contribution is 2.10. The molecule has 0 fully saturated rings. The molecular weight excluding hydrogens is 148 g/mol. The number of carboxylic acids is 1. The van der Waals surface area contributed by atoms with E-state index < -0.39 is 5.97 Å². The Morgan fingerprint density at radius 3 is 2.55 bits per heavy atom. The van der Waals surface area contributed by atoms with Gasteiger partial charge >= 0.3 is 5.97 Å². The predicted molar refractivity (Wildman–Crippen MR) is 35.7 cm³/mol. The third kappa shape index (κ3) is 1.29. The zero-order valence-electron chi connectivity index (χ0n) is 5.83. The summed E-state index contributed by atoms with van der Waals surface area (Å²) in [5, 5.41) is 8.49. The van der Waals surface area contributed by atoms with Crippen molar-refractivity contribution >= 4 is 11.8 Å². The molecule has 1 heterocycles. The van der Waals surface area contributed by atoms with Gasteiger partial charge in [0.2, 0.25) is 0 Å². The minimum Gasteiger partial charge on any atom is -0.478 e. The molecule has 4 heteroatoms. The Morgan fingerprint density at radius 2 is 2.18 bits per heavy atom.